The lowest BCUT2D eigenvalue weighted by atomic mass is 10.0. The van der Waals surface area contributed by atoms with E-state index >= 15 is 0 Å². The topological polar surface area (TPSA) is 44.1 Å². The second-order valence-corrected chi connectivity index (χ2v) is 7.30. The lowest BCUT2D eigenvalue weighted by Gasteiger charge is -2.11. The number of carbonyl (C=O) groups is 1. The molecule has 1 aromatic heterocycles. The van der Waals surface area contributed by atoms with E-state index in [1.165, 1.54) is 10.2 Å². The van der Waals surface area contributed by atoms with Crippen molar-refractivity contribution in [2.45, 2.75) is 26.9 Å². The molecule has 0 saturated carbocycles. The number of para-hydroxylation sites is 1. The first-order chi connectivity index (χ1) is 14.6. The molecule has 0 spiro atoms. The average molecular weight is 396 g/mol. The van der Waals surface area contributed by atoms with Crippen molar-refractivity contribution in [3.05, 3.63) is 119 Å². The third kappa shape index (κ3) is 4.18. The Hall–Kier alpha value is -3.66. The van der Waals surface area contributed by atoms with Crippen LogP contribution in [0.2, 0.25) is 0 Å². The minimum atomic E-state index is -0.182. The highest BCUT2D eigenvalue weighted by molar-refractivity contribution is 5.98. The maximum Gasteiger partial charge on any atom is 0.282 e. The van der Waals surface area contributed by atoms with Crippen molar-refractivity contribution in [1.29, 1.82) is 0 Å². The molecular formula is C26H24N2O2. The fraction of sp³-hybridized carbons (Fsp3) is 0.154. The summed E-state index contributed by atoms with van der Waals surface area (Å²) >= 11 is 0. The van der Waals surface area contributed by atoms with Crippen LogP contribution in [0, 0.1) is 13.8 Å². The van der Waals surface area contributed by atoms with Gasteiger partial charge in [-0.1, -0.05) is 72.8 Å². The molecule has 0 N–H and O–H groups in total. The third-order valence-electron chi connectivity index (χ3n) is 5.21. The molecule has 0 amide bonds. The van der Waals surface area contributed by atoms with Crippen LogP contribution >= 0.6 is 0 Å². The molecule has 0 saturated heterocycles. The number of carbonyl (C=O) groups excluding carboxylic acids is 1. The Labute approximate surface area is 176 Å². The molecule has 3 aromatic carbocycles. The van der Waals surface area contributed by atoms with Crippen molar-refractivity contribution in [3.8, 4) is 5.75 Å². The Morgan fingerprint density at radius 2 is 1.43 bits per heavy atom. The molecule has 0 aliphatic rings. The first-order valence-electron chi connectivity index (χ1n) is 10.0. The van der Waals surface area contributed by atoms with Gasteiger partial charge in [0.25, 0.3) is 5.91 Å². The van der Waals surface area contributed by atoms with Gasteiger partial charge in [-0.2, -0.15) is 5.10 Å². The summed E-state index contributed by atoms with van der Waals surface area (Å²) in [5.74, 6) is 0.377. The van der Waals surface area contributed by atoms with Crippen LogP contribution in [0.15, 0.2) is 84.9 Å². The summed E-state index contributed by atoms with van der Waals surface area (Å²) in [6.45, 7) is 4.30. The van der Waals surface area contributed by atoms with Gasteiger partial charge >= 0.3 is 0 Å². The summed E-state index contributed by atoms with van der Waals surface area (Å²) in [6.07, 6.45) is 0.748. The molecule has 4 rings (SSSR count). The normalized spacial score (nSPS) is 10.7. The maximum atomic E-state index is 13.3. The molecular weight excluding hydrogens is 372 g/mol. The number of ether oxygens (including phenoxy) is 1. The third-order valence-corrected chi connectivity index (χ3v) is 5.21. The largest absolute Gasteiger partial charge is 0.488 e. The Kier molecular flexibility index (Phi) is 5.75. The van der Waals surface area contributed by atoms with Gasteiger partial charge in [0, 0.05) is 17.7 Å². The zero-order valence-corrected chi connectivity index (χ0v) is 17.2. The minimum absolute atomic E-state index is 0.182. The summed E-state index contributed by atoms with van der Waals surface area (Å²) in [4.78, 5) is 13.3. The molecule has 0 fully saturated rings. The molecule has 0 bridgehead atoms. The van der Waals surface area contributed by atoms with E-state index in [1.54, 1.807) is 6.07 Å². The van der Waals surface area contributed by atoms with E-state index in [9.17, 15) is 4.79 Å². The molecule has 1 heterocycles. The number of hydrogen-bond donors (Lipinski definition) is 0. The lowest BCUT2D eigenvalue weighted by Crippen LogP contribution is -2.17. The van der Waals surface area contributed by atoms with Crippen LogP contribution in [-0.2, 0) is 13.0 Å². The summed E-state index contributed by atoms with van der Waals surface area (Å²) < 4.78 is 7.47. The van der Waals surface area contributed by atoms with Crippen LogP contribution in [0.5, 0.6) is 5.75 Å². The fourth-order valence-corrected chi connectivity index (χ4v) is 3.55. The summed E-state index contributed by atoms with van der Waals surface area (Å²) in [5.41, 5.74) is 5.56. The van der Waals surface area contributed by atoms with Gasteiger partial charge in [-0.05, 0) is 37.1 Å². The number of aromatic nitrogens is 2. The van der Waals surface area contributed by atoms with E-state index in [-0.39, 0.29) is 5.91 Å². The zero-order valence-electron chi connectivity index (χ0n) is 17.2. The SMILES string of the molecule is Cc1nn(C(=O)c2ccccc2OCc2ccccc2)c(C)c1Cc1ccccc1. The quantitative estimate of drug-likeness (QED) is 0.441. The summed E-state index contributed by atoms with van der Waals surface area (Å²) in [6, 6.07) is 27.5. The second kappa shape index (κ2) is 8.78. The molecule has 4 nitrogen and oxygen atoms in total. The van der Waals surface area contributed by atoms with E-state index < -0.39 is 0 Å². The predicted molar refractivity (Wildman–Crippen MR) is 118 cm³/mol. The van der Waals surface area contributed by atoms with Gasteiger partial charge < -0.3 is 4.74 Å². The maximum absolute atomic E-state index is 13.3. The number of hydrogen-bond acceptors (Lipinski definition) is 3. The van der Waals surface area contributed by atoms with Gasteiger partial charge in [0.05, 0.1) is 11.3 Å². The van der Waals surface area contributed by atoms with Gasteiger partial charge in [-0.25, -0.2) is 4.68 Å². The Balaban J connectivity index is 1.60. The van der Waals surface area contributed by atoms with Gasteiger partial charge in [0.15, 0.2) is 0 Å². The van der Waals surface area contributed by atoms with Crippen LogP contribution in [0.4, 0.5) is 0 Å². The van der Waals surface area contributed by atoms with Gasteiger partial charge in [0.2, 0.25) is 0 Å². The van der Waals surface area contributed by atoms with E-state index in [2.05, 4.69) is 17.2 Å². The molecule has 0 unspecified atom stereocenters. The Morgan fingerprint density at radius 3 is 2.13 bits per heavy atom. The first-order valence-corrected chi connectivity index (χ1v) is 10.0. The molecule has 150 valence electrons. The number of benzene rings is 3. The van der Waals surface area contributed by atoms with Crippen LogP contribution in [0.1, 0.15) is 38.4 Å². The highest BCUT2D eigenvalue weighted by Gasteiger charge is 2.21. The number of nitrogens with zero attached hydrogens (tertiary/aromatic N) is 2. The Morgan fingerprint density at radius 1 is 0.833 bits per heavy atom. The van der Waals surface area contributed by atoms with E-state index in [0.29, 0.717) is 17.9 Å². The van der Waals surface area contributed by atoms with E-state index in [1.807, 2.05) is 80.6 Å². The minimum Gasteiger partial charge on any atom is -0.488 e. The van der Waals surface area contributed by atoms with Crippen molar-refractivity contribution in [2.24, 2.45) is 0 Å². The van der Waals surface area contributed by atoms with Crippen LogP contribution in [0.25, 0.3) is 0 Å². The van der Waals surface area contributed by atoms with E-state index in [4.69, 9.17) is 4.74 Å². The second-order valence-electron chi connectivity index (χ2n) is 7.30. The van der Waals surface area contributed by atoms with E-state index in [0.717, 1.165) is 28.9 Å². The predicted octanol–water partition coefficient (Wildman–Crippen LogP) is 5.36. The standard InChI is InChI=1S/C26H24N2O2/c1-19-24(17-21-11-5-3-6-12-21)20(2)28(27-19)26(29)23-15-9-10-16-25(23)30-18-22-13-7-4-8-14-22/h3-16H,17-18H2,1-2H3. The number of rotatable bonds is 6. The van der Waals surface area contributed by atoms with Gasteiger partial charge in [-0.15, -0.1) is 0 Å². The van der Waals surface area contributed by atoms with Crippen LogP contribution < -0.4 is 4.74 Å². The Bertz CT molecular complexity index is 1150. The molecule has 30 heavy (non-hydrogen) atoms. The van der Waals surface area contributed by atoms with Gasteiger partial charge in [-0.3, -0.25) is 4.79 Å². The summed E-state index contributed by atoms with van der Waals surface area (Å²) in [5, 5.41) is 4.55. The lowest BCUT2D eigenvalue weighted by molar-refractivity contribution is 0.0937. The fourth-order valence-electron chi connectivity index (χ4n) is 3.55. The van der Waals surface area contributed by atoms with Crippen molar-refractivity contribution < 1.29 is 9.53 Å². The van der Waals surface area contributed by atoms with Crippen molar-refractivity contribution in [1.82, 2.24) is 9.78 Å². The molecule has 4 heteroatoms. The first kappa shape index (κ1) is 19.6. The summed E-state index contributed by atoms with van der Waals surface area (Å²) in [7, 11) is 0. The smallest absolute Gasteiger partial charge is 0.282 e. The highest BCUT2D eigenvalue weighted by atomic mass is 16.5. The molecule has 0 atom stereocenters. The molecule has 0 aliphatic heterocycles. The molecule has 0 aliphatic carbocycles. The molecule has 0 radical (unpaired) electrons. The van der Waals surface area contributed by atoms with Crippen molar-refractivity contribution in [3.63, 3.8) is 0 Å². The van der Waals surface area contributed by atoms with Crippen LogP contribution in [0.3, 0.4) is 0 Å². The number of aryl methyl sites for hydroxylation is 1. The average Bonchev–Trinajstić information content (AvgIpc) is 3.07. The van der Waals surface area contributed by atoms with Crippen molar-refractivity contribution in [2.75, 3.05) is 0 Å². The monoisotopic (exact) mass is 396 g/mol. The van der Waals surface area contributed by atoms with Crippen molar-refractivity contribution >= 4 is 5.91 Å². The highest BCUT2D eigenvalue weighted by Crippen LogP contribution is 2.23. The zero-order chi connectivity index (χ0) is 20.9. The molecule has 4 aromatic rings. The van der Waals surface area contributed by atoms with Gasteiger partial charge in [0.1, 0.15) is 12.4 Å². The van der Waals surface area contributed by atoms with Crippen LogP contribution in [-0.4, -0.2) is 15.7 Å².